The van der Waals surface area contributed by atoms with Crippen molar-refractivity contribution < 1.29 is 4.79 Å². The first-order valence-corrected chi connectivity index (χ1v) is 7.11. The van der Waals surface area contributed by atoms with Crippen molar-refractivity contribution in [2.45, 2.75) is 6.92 Å². The van der Waals surface area contributed by atoms with E-state index < -0.39 is 0 Å². The summed E-state index contributed by atoms with van der Waals surface area (Å²) in [5.74, 6) is 0.679. The molecular weight excluding hydrogens is 314 g/mol. The first kappa shape index (κ1) is 13.0. The molecule has 0 radical (unpaired) electrons. The summed E-state index contributed by atoms with van der Waals surface area (Å²) in [6.45, 7) is 2.83. The average Bonchev–Trinajstić information content (AvgIpc) is 2.79. The molecule has 0 aromatic carbocycles. The van der Waals surface area contributed by atoms with E-state index in [2.05, 4.69) is 31.5 Å². The number of carbonyl (C=O) groups is 1. The van der Waals surface area contributed by atoms with E-state index in [1.54, 1.807) is 12.3 Å². The fourth-order valence-electron chi connectivity index (χ4n) is 1.38. The lowest BCUT2D eigenvalue weighted by Crippen LogP contribution is -2.10. The van der Waals surface area contributed by atoms with Gasteiger partial charge in [0.25, 0.3) is 5.91 Å². The van der Waals surface area contributed by atoms with Crippen LogP contribution >= 0.6 is 27.3 Å². The Labute approximate surface area is 118 Å². The lowest BCUT2D eigenvalue weighted by molar-refractivity contribution is 0.103. The highest BCUT2D eigenvalue weighted by Gasteiger charge is 2.08. The number of rotatable bonds is 4. The van der Waals surface area contributed by atoms with E-state index in [-0.39, 0.29) is 5.91 Å². The molecule has 0 aliphatic carbocycles. The summed E-state index contributed by atoms with van der Waals surface area (Å²) in [6, 6.07) is 5.45. The summed E-state index contributed by atoms with van der Waals surface area (Å²) in [5, 5.41) is 7.77. The van der Waals surface area contributed by atoms with Crippen LogP contribution in [0.4, 0.5) is 11.5 Å². The number of amides is 1. The minimum atomic E-state index is -0.122. The van der Waals surface area contributed by atoms with Crippen molar-refractivity contribution in [1.29, 1.82) is 0 Å². The van der Waals surface area contributed by atoms with Crippen LogP contribution in [0.25, 0.3) is 0 Å². The maximum atomic E-state index is 11.9. The molecule has 0 unspecified atom stereocenters. The largest absolute Gasteiger partial charge is 0.370 e. The third-order valence-corrected chi connectivity index (χ3v) is 3.86. The number of pyridine rings is 1. The fraction of sp³-hybridized carbons (Fsp3) is 0.167. The quantitative estimate of drug-likeness (QED) is 0.903. The van der Waals surface area contributed by atoms with E-state index in [1.165, 1.54) is 11.3 Å². The van der Waals surface area contributed by atoms with Crippen molar-refractivity contribution in [2.75, 3.05) is 17.2 Å². The predicted molar refractivity (Wildman–Crippen MR) is 78.4 cm³/mol. The number of hydrogen-bond acceptors (Lipinski definition) is 4. The van der Waals surface area contributed by atoms with E-state index in [0.29, 0.717) is 10.6 Å². The number of thiophene rings is 1. The molecule has 18 heavy (non-hydrogen) atoms. The van der Waals surface area contributed by atoms with Gasteiger partial charge in [-0.3, -0.25) is 4.79 Å². The molecule has 0 fully saturated rings. The van der Waals surface area contributed by atoms with Crippen LogP contribution < -0.4 is 10.6 Å². The molecule has 2 aromatic rings. The maximum absolute atomic E-state index is 11.9. The highest BCUT2D eigenvalue weighted by molar-refractivity contribution is 9.10. The second kappa shape index (κ2) is 5.97. The van der Waals surface area contributed by atoms with Gasteiger partial charge < -0.3 is 10.6 Å². The lowest BCUT2D eigenvalue weighted by atomic mass is 10.3. The van der Waals surface area contributed by atoms with Gasteiger partial charge in [0, 0.05) is 16.4 Å². The van der Waals surface area contributed by atoms with Gasteiger partial charge in [0.15, 0.2) is 0 Å². The van der Waals surface area contributed by atoms with Gasteiger partial charge in [-0.05, 0) is 41.1 Å². The zero-order chi connectivity index (χ0) is 13.0. The van der Waals surface area contributed by atoms with Crippen molar-refractivity contribution >= 4 is 44.7 Å². The summed E-state index contributed by atoms with van der Waals surface area (Å²) in [4.78, 5) is 16.7. The number of carbonyl (C=O) groups excluding carboxylic acids is 1. The second-order valence-corrected chi connectivity index (χ2v) is 5.37. The van der Waals surface area contributed by atoms with Gasteiger partial charge in [0.05, 0.1) is 16.8 Å². The maximum Gasteiger partial charge on any atom is 0.265 e. The minimum Gasteiger partial charge on any atom is -0.370 e. The third kappa shape index (κ3) is 3.30. The Kier molecular flexibility index (Phi) is 4.33. The summed E-state index contributed by atoms with van der Waals surface area (Å²) in [5.41, 5.74) is 0.686. The monoisotopic (exact) mass is 325 g/mol. The molecule has 4 nitrogen and oxygen atoms in total. The normalized spacial score (nSPS) is 10.1. The number of hydrogen-bond donors (Lipinski definition) is 2. The van der Waals surface area contributed by atoms with Crippen molar-refractivity contribution in [3.8, 4) is 0 Å². The molecule has 2 rings (SSSR count). The molecular formula is C12H12BrN3OS. The molecule has 1 amide bonds. The number of nitrogens with zero attached hydrogens (tertiary/aromatic N) is 1. The topological polar surface area (TPSA) is 54.0 Å². The Morgan fingerprint density at radius 1 is 1.50 bits per heavy atom. The molecule has 0 saturated carbocycles. The Hall–Kier alpha value is -1.40. The van der Waals surface area contributed by atoms with E-state index in [9.17, 15) is 4.79 Å². The van der Waals surface area contributed by atoms with E-state index in [1.807, 2.05) is 24.4 Å². The van der Waals surface area contributed by atoms with E-state index in [4.69, 9.17) is 0 Å². The number of nitrogens with one attached hydrogen (secondary N) is 2. The zero-order valence-corrected chi connectivity index (χ0v) is 12.1. The van der Waals surface area contributed by atoms with Gasteiger partial charge in [0.1, 0.15) is 5.82 Å². The second-order valence-electron chi connectivity index (χ2n) is 3.55. The van der Waals surface area contributed by atoms with Crippen LogP contribution in [-0.2, 0) is 0 Å². The zero-order valence-electron chi connectivity index (χ0n) is 9.74. The van der Waals surface area contributed by atoms with Gasteiger partial charge in [-0.25, -0.2) is 4.98 Å². The molecule has 0 saturated heterocycles. The number of aromatic nitrogens is 1. The highest BCUT2D eigenvalue weighted by Crippen LogP contribution is 2.21. The van der Waals surface area contributed by atoms with Crippen LogP contribution in [0.2, 0.25) is 0 Å². The minimum absolute atomic E-state index is 0.122. The summed E-state index contributed by atoms with van der Waals surface area (Å²) in [6.07, 6.45) is 1.64. The molecule has 2 N–H and O–H groups in total. The van der Waals surface area contributed by atoms with Crippen molar-refractivity contribution in [1.82, 2.24) is 4.98 Å². The van der Waals surface area contributed by atoms with Gasteiger partial charge in [0.2, 0.25) is 0 Å². The van der Waals surface area contributed by atoms with Crippen LogP contribution in [0.1, 0.15) is 16.6 Å². The first-order valence-electron chi connectivity index (χ1n) is 5.44. The molecule has 0 spiro atoms. The third-order valence-electron chi connectivity index (χ3n) is 2.17. The SMILES string of the molecule is CCNc1ccc(NC(=O)c2cc(Br)cs2)cn1. The predicted octanol–water partition coefficient (Wildman–Crippen LogP) is 3.59. The van der Waals surface area contributed by atoms with Crippen LogP contribution in [0.3, 0.4) is 0 Å². The van der Waals surface area contributed by atoms with Gasteiger partial charge in [-0.1, -0.05) is 0 Å². The van der Waals surface area contributed by atoms with Gasteiger partial charge >= 0.3 is 0 Å². The Balaban J connectivity index is 2.03. The fourth-order valence-corrected chi connectivity index (χ4v) is 2.70. The van der Waals surface area contributed by atoms with Crippen LogP contribution in [0, 0.1) is 0 Å². The molecule has 2 aromatic heterocycles. The van der Waals surface area contributed by atoms with E-state index >= 15 is 0 Å². The molecule has 0 aliphatic heterocycles. The standard InChI is InChI=1S/C12H12BrN3OS/c1-2-14-11-4-3-9(6-15-11)16-12(17)10-5-8(13)7-18-10/h3-7H,2H2,1H3,(H,14,15)(H,16,17). The van der Waals surface area contributed by atoms with Crippen molar-refractivity contribution in [3.05, 3.63) is 39.1 Å². The number of halogens is 1. The van der Waals surface area contributed by atoms with Crippen molar-refractivity contribution in [3.63, 3.8) is 0 Å². The van der Waals surface area contributed by atoms with E-state index in [0.717, 1.165) is 16.8 Å². The number of anilines is 2. The molecule has 0 aliphatic rings. The first-order chi connectivity index (χ1) is 8.69. The molecule has 0 atom stereocenters. The molecule has 94 valence electrons. The molecule has 0 bridgehead atoms. The summed E-state index contributed by atoms with van der Waals surface area (Å²) >= 11 is 4.72. The molecule has 2 heterocycles. The van der Waals surface area contributed by atoms with Crippen LogP contribution in [0.5, 0.6) is 0 Å². The van der Waals surface area contributed by atoms with Crippen LogP contribution in [0.15, 0.2) is 34.2 Å². The summed E-state index contributed by atoms with van der Waals surface area (Å²) in [7, 11) is 0. The van der Waals surface area contributed by atoms with Gasteiger partial charge in [-0.2, -0.15) is 0 Å². The smallest absolute Gasteiger partial charge is 0.265 e. The van der Waals surface area contributed by atoms with Gasteiger partial charge in [-0.15, -0.1) is 11.3 Å². The summed E-state index contributed by atoms with van der Waals surface area (Å²) < 4.78 is 0.915. The lowest BCUT2D eigenvalue weighted by Gasteiger charge is -2.05. The Bertz CT molecular complexity index is 539. The van der Waals surface area contributed by atoms with Crippen molar-refractivity contribution in [2.24, 2.45) is 0 Å². The molecule has 6 heteroatoms. The van der Waals surface area contributed by atoms with Crippen LogP contribution in [-0.4, -0.2) is 17.4 Å². The Morgan fingerprint density at radius 2 is 2.33 bits per heavy atom. The average molecular weight is 326 g/mol. The Morgan fingerprint density at radius 3 is 2.89 bits per heavy atom. The highest BCUT2D eigenvalue weighted by atomic mass is 79.9.